The van der Waals surface area contributed by atoms with E-state index in [4.69, 9.17) is 0 Å². The Balaban J connectivity index is 1.97. The number of carbonyl (C=O) groups excluding carboxylic acids is 1. The van der Waals surface area contributed by atoms with E-state index < -0.39 is 0 Å². The van der Waals surface area contributed by atoms with Crippen LogP contribution in [0.2, 0.25) is 0 Å². The minimum Gasteiger partial charge on any atom is -0.325 e. The number of carbonyl (C=O) groups is 1. The van der Waals surface area contributed by atoms with Crippen LogP contribution in [0, 0.1) is 5.92 Å². The van der Waals surface area contributed by atoms with Gasteiger partial charge in [0.1, 0.15) is 5.82 Å². The molecular weight excluding hydrogens is 376 g/mol. The van der Waals surface area contributed by atoms with Crippen LogP contribution in [0.4, 0.5) is 5.69 Å². The first-order valence-corrected chi connectivity index (χ1v) is 9.37. The van der Waals surface area contributed by atoms with Crippen molar-refractivity contribution in [3.05, 3.63) is 34.6 Å². The van der Waals surface area contributed by atoms with Crippen LogP contribution in [0.3, 0.4) is 0 Å². The molecule has 1 N–H and O–H groups in total. The highest BCUT2D eigenvalue weighted by Gasteiger charge is 2.14. The first-order chi connectivity index (χ1) is 11.0. The van der Waals surface area contributed by atoms with Crippen molar-refractivity contribution in [1.29, 1.82) is 0 Å². The smallest absolute Gasteiger partial charge is 0.234 e. The number of nitrogens with zero attached hydrogens (tertiary/aromatic N) is 3. The van der Waals surface area contributed by atoms with Crippen LogP contribution < -0.4 is 5.32 Å². The van der Waals surface area contributed by atoms with Crippen molar-refractivity contribution in [3.63, 3.8) is 0 Å². The third-order valence-corrected chi connectivity index (χ3v) is 4.56. The van der Waals surface area contributed by atoms with E-state index in [9.17, 15) is 4.79 Å². The number of halogens is 1. The van der Waals surface area contributed by atoms with Crippen LogP contribution in [-0.2, 0) is 17.8 Å². The highest BCUT2D eigenvalue weighted by atomic mass is 79.9. The molecule has 124 valence electrons. The summed E-state index contributed by atoms with van der Waals surface area (Å²) in [4.78, 5) is 12.1. The molecule has 23 heavy (non-hydrogen) atoms. The number of aromatic nitrogens is 3. The number of benzene rings is 1. The Morgan fingerprint density at radius 1 is 1.39 bits per heavy atom. The number of amides is 1. The molecule has 1 heterocycles. The fourth-order valence-electron chi connectivity index (χ4n) is 2.13. The van der Waals surface area contributed by atoms with Crippen LogP contribution in [0.25, 0.3) is 0 Å². The molecule has 7 heteroatoms. The maximum Gasteiger partial charge on any atom is 0.234 e. The molecular formula is C16H21BrN4OS. The average molecular weight is 397 g/mol. The van der Waals surface area contributed by atoms with Crippen molar-refractivity contribution in [2.24, 2.45) is 5.92 Å². The summed E-state index contributed by atoms with van der Waals surface area (Å²) >= 11 is 4.82. The lowest BCUT2D eigenvalue weighted by Crippen LogP contribution is -2.15. The van der Waals surface area contributed by atoms with Gasteiger partial charge in [-0.1, -0.05) is 54.5 Å². The largest absolute Gasteiger partial charge is 0.325 e. The fourth-order valence-corrected chi connectivity index (χ4v) is 3.30. The number of hydrogen-bond acceptors (Lipinski definition) is 4. The third-order valence-electron chi connectivity index (χ3n) is 3.10. The van der Waals surface area contributed by atoms with E-state index in [1.165, 1.54) is 11.8 Å². The zero-order chi connectivity index (χ0) is 16.8. The molecule has 0 aliphatic heterocycles. The number of hydrogen-bond donors (Lipinski definition) is 1. The standard InChI is InChI=1S/C16H21BrN4OS/c1-4-14-19-20-16(21(14)9-11(2)3)23-10-15(22)18-13-7-5-6-12(17)8-13/h5-8,11H,4,9-10H2,1-3H3,(H,18,22). The van der Waals surface area contributed by atoms with Gasteiger partial charge in [-0.05, 0) is 24.1 Å². The van der Waals surface area contributed by atoms with Gasteiger partial charge in [-0.25, -0.2) is 0 Å². The lowest BCUT2D eigenvalue weighted by Gasteiger charge is -2.11. The second-order valence-corrected chi connectivity index (χ2v) is 7.46. The van der Waals surface area contributed by atoms with Crippen molar-refractivity contribution < 1.29 is 4.79 Å². The zero-order valence-corrected chi connectivity index (χ0v) is 15.9. The Kier molecular flexibility index (Phi) is 6.65. The molecule has 1 aromatic carbocycles. The second kappa shape index (κ2) is 8.49. The molecule has 1 amide bonds. The van der Waals surface area contributed by atoms with Crippen molar-refractivity contribution in [1.82, 2.24) is 14.8 Å². The van der Waals surface area contributed by atoms with E-state index in [0.717, 1.165) is 34.1 Å². The van der Waals surface area contributed by atoms with Gasteiger partial charge >= 0.3 is 0 Å². The van der Waals surface area contributed by atoms with Gasteiger partial charge in [0.2, 0.25) is 5.91 Å². The zero-order valence-electron chi connectivity index (χ0n) is 13.5. The number of thioether (sulfide) groups is 1. The monoisotopic (exact) mass is 396 g/mol. The van der Waals surface area contributed by atoms with Crippen LogP contribution in [0.5, 0.6) is 0 Å². The van der Waals surface area contributed by atoms with Gasteiger partial charge in [-0.2, -0.15) is 0 Å². The van der Waals surface area contributed by atoms with E-state index in [-0.39, 0.29) is 5.91 Å². The molecule has 0 radical (unpaired) electrons. The Morgan fingerprint density at radius 3 is 2.83 bits per heavy atom. The third kappa shape index (κ3) is 5.35. The molecule has 0 fully saturated rings. The fraction of sp³-hybridized carbons (Fsp3) is 0.438. The summed E-state index contributed by atoms with van der Waals surface area (Å²) in [6.07, 6.45) is 0.838. The Morgan fingerprint density at radius 2 is 2.17 bits per heavy atom. The lowest BCUT2D eigenvalue weighted by molar-refractivity contribution is -0.113. The summed E-state index contributed by atoms with van der Waals surface area (Å²) in [5.41, 5.74) is 0.780. The van der Waals surface area contributed by atoms with Gasteiger partial charge < -0.3 is 9.88 Å². The molecule has 0 unspecified atom stereocenters. The van der Waals surface area contributed by atoms with Gasteiger partial charge in [0.05, 0.1) is 5.75 Å². The summed E-state index contributed by atoms with van der Waals surface area (Å²) in [6, 6.07) is 7.55. The van der Waals surface area contributed by atoms with Crippen LogP contribution in [0.1, 0.15) is 26.6 Å². The quantitative estimate of drug-likeness (QED) is 0.718. The molecule has 5 nitrogen and oxygen atoms in total. The predicted molar refractivity (Wildman–Crippen MR) is 97.7 cm³/mol. The molecule has 0 spiro atoms. The van der Waals surface area contributed by atoms with Crippen molar-refractivity contribution >= 4 is 39.3 Å². The van der Waals surface area contributed by atoms with E-state index in [1.807, 2.05) is 24.3 Å². The minimum absolute atomic E-state index is 0.0507. The first kappa shape index (κ1) is 18.0. The number of aryl methyl sites for hydroxylation is 1. The SMILES string of the molecule is CCc1nnc(SCC(=O)Nc2cccc(Br)c2)n1CC(C)C. The lowest BCUT2D eigenvalue weighted by atomic mass is 10.2. The Bertz CT molecular complexity index is 672. The summed E-state index contributed by atoms with van der Waals surface area (Å²) in [5, 5.41) is 12.1. The van der Waals surface area contributed by atoms with E-state index in [1.54, 1.807) is 0 Å². The molecule has 0 aliphatic carbocycles. The van der Waals surface area contributed by atoms with E-state index in [2.05, 4.69) is 56.8 Å². The molecule has 2 aromatic rings. The Labute approximate surface area is 149 Å². The number of anilines is 1. The maximum absolute atomic E-state index is 12.1. The average Bonchev–Trinajstić information content (AvgIpc) is 2.86. The van der Waals surface area contributed by atoms with Crippen molar-refractivity contribution in [2.75, 3.05) is 11.1 Å². The highest BCUT2D eigenvalue weighted by molar-refractivity contribution is 9.10. The molecule has 0 saturated carbocycles. The molecule has 0 aliphatic rings. The molecule has 1 aromatic heterocycles. The maximum atomic E-state index is 12.1. The van der Waals surface area contributed by atoms with Gasteiger partial charge in [-0.3, -0.25) is 4.79 Å². The first-order valence-electron chi connectivity index (χ1n) is 7.60. The van der Waals surface area contributed by atoms with E-state index >= 15 is 0 Å². The molecule has 0 bridgehead atoms. The molecule has 0 saturated heterocycles. The van der Waals surface area contributed by atoms with Gasteiger partial charge in [-0.15, -0.1) is 10.2 Å². The number of rotatable bonds is 7. The summed E-state index contributed by atoms with van der Waals surface area (Å²) in [7, 11) is 0. The van der Waals surface area contributed by atoms with Gasteiger partial charge in [0.25, 0.3) is 0 Å². The van der Waals surface area contributed by atoms with Crippen LogP contribution >= 0.6 is 27.7 Å². The van der Waals surface area contributed by atoms with Crippen LogP contribution in [-0.4, -0.2) is 26.4 Å². The highest BCUT2D eigenvalue weighted by Crippen LogP contribution is 2.20. The molecule has 0 atom stereocenters. The van der Waals surface area contributed by atoms with E-state index in [0.29, 0.717) is 11.7 Å². The van der Waals surface area contributed by atoms with Crippen LogP contribution in [0.15, 0.2) is 33.9 Å². The second-order valence-electron chi connectivity index (χ2n) is 5.60. The minimum atomic E-state index is -0.0507. The normalized spacial score (nSPS) is 11.0. The van der Waals surface area contributed by atoms with Gasteiger partial charge in [0, 0.05) is 23.1 Å². The van der Waals surface area contributed by atoms with Gasteiger partial charge in [0.15, 0.2) is 5.16 Å². The summed E-state index contributed by atoms with van der Waals surface area (Å²) < 4.78 is 3.05. The topological polar surface area (TPSA) is 59.8 Å². The van der Waals surface area contributed by atoms with Crippen molar-refractivity contribution in [3.8, 4) is 0 Å². The van der Waals surface area contributed by atoms with Crippen molar-refractivity contribution in [2.45, 2.75) is 38.9 Å². The predicted octanol–water partition coefficient (Wildman–Crippen LogP) is 3.99. The summed E-state index contributed by atoms with van der Waals surface area (Å²) in [6.45, 7) is 7.25. The molecule has 2 rings (SSSR count). The Hall–Kier alpha value is -1.34. The number of nitrogens with one attached hydrogen (secondary N) is 1. The summed E-state index contributed by atoms with van der Waals surface area (Å²) in [5.74, 6) is 1.73.